The Morgan fingerprint density at radius 3 is 2.54 bits per heavy atom. The van der Waals surface area contributed by atoms with Crippen molar-refractivity contribution in [1.29, 1.82) is 0 Å². The number of anilines is 1. The third-order valence-corrected chi connectivity index (χ3v) is 5.42. The summed E-state index contributed by atoms with van der Waals surface area (Å²) in [5, 5.41) is 4.58. The largest absolute Gasteiger partial charge is 0.467 e. The van der Waals surface area contributed by atoms with E-state index < -0.39 is 0 Å². The number of rotatable bonds is 6. The molecule has 1 N–H and O–H groups in total. The second-order valence-electron chi connectivity index (χ2n) is 6.46. The van der Waals surface area contributed by atoms with E-state index in [9.17, 15) is 0 Å². The van der Waals surface area contributed by atoms with E-state index >= 15 is 0 Å². The van der Waals surface area contributed by atoms with Crippen molar-refractivity contribution in [2.45, 2.75) is 19.9 Å². The van der Waals surface area contributed by atoms with E-state index in [1.165, 1.54) is 27.1 Å². The van der Waals surface area contributed by atoms with Crippen LogP contribution < -0.4 is 5.32 Å². The summed E-state index contributed by atoms with van der Waals surface area (Å²) in [7, 11) is 0. The molecule has 0 bridgehead atoms. The fourth-order valence-electron chi connectivity index (χ4n) is 3.07. The molecule has 0 aliphatic heterocycles. The van der Waals surface area contributed by atoms with Crippen LogP contribution in [0.5, 0.6) is 0 Å². The normalized spacial score (nSPS) is 10.8. The molecule has 0 aliphatic rings. The van der Waals surface area contributed by atoms with E-state index in [4.69, 9.17) is 4.42 Å². The Labute approximate surface area is 158 Å². The van der Waals surface area contributed by atoms with Gasteiger partial charge in [0.05, 0.1) is 17.8 Å². The summed E-state index contributed by atoms with van der Waals surface area (Å²) in [5.41, 5.74) is 5.27. The molecule has 0 saturated heterocycles. The number of furan rings is 1. The van der Waals surface area contributed by atoms with Gasteiger partial charge in [0.15, 0.2) is 0 Å². The average Bonchev–Trinajstić information content (AvgIpc) is 3.32. The van der Waals surface area contributed by atoms with Crippen LogP contribution in [0.1, 0.15) is 22.5 Å². The first-order valence-corrected chi connectivity index (χ1v) is 9.59. The standard InChI is InChI=1S/C23H21NOS/c1-17-5-2-6-18(13-17)14-19-7-3-8-20(15-19)22-10-11-23(26-22)24-16-21-9-4-12-25-21/h2-13,15,24H,14,16H2,1H3. The Bertz CT molecular complexity index is 985. The summed E-state index contributed by atoms with van der Waals surface area (Å²) in [6.07, 6.45) is 2.67. The Morgan fingerprint density at radius 2 is 1.73 bits per heavy atom. The first-order valence-electron chi connectivity index (χ1n) is 8.77. The van der Waals surface area contributed by atoms with Crippen LogP contribution in [0.4, 0.5) is 5.00 Å². The van der Waals surface area contributed by atoms with Crippen molar-refractivity contribution in [1.82, 2.24) is 0 Å². The molecular formula is C23H21NOS. The lowest BCUT2D eigenvalue weighted by atomic mass is 10.0. The van der Waals surface area contributed by atoms with Crippen molar-refractivity contribution in [2.75, 3.05) is 5.32 Å². The Kier molecular flexibility index (Phi) is 4.89. The van der Waals surface area contributed by atoms with Gasteiger partial charge < -0.3 is 9.73 Å². The molecule has 4 rings (SSSR count). The number of aryl methyl sites for hydroxylation is 1. The maximum Gasteiger partial charge on any atom is 0.122 e. The zero-order valence-electron chi connectivity index (χ0n) is 14.7. The molecular weight excluding hydrogens is 338 g/mol. The molecule has 0 spiro atoms. The summed E-state index contributed by atoms with van der Waals surface area (Å²) in [6, 6.07) is 25.8. The fraction of sp³-hybridized carbons (Fsp3) is 0.130. The van der Waals surface area contributed by atoms with Gasteiger partial charge in [-0.2, -0.15) is 0 Å². The maximum atomic E-state index is 5.37. The lowest BCUT2D eigenvalue weighted by Crippen LogP contribution is -1.95. The first-order chi connectivity index (χ1) is 12.8. The average molecular weight is 359 g/mol. The van der Waals surface area contributed by atoms with Gasteiger partial charge in [-0.1, -0.05) is 54.1 Å². The number of hydrogen-bond acceptors (Lipinski definition) is 3. The molecule has 130 valence electrons. The van der Waals surface area contributed by atoms with Crippen molar-refractivity contribution in [3.63, 3.8) is 0 Å². The number of nitrogens with one attached hydrogen (secondary N) is 1. The highest BCUT2D eigenvalue weighted by atomic mass is 32.1. The zero-order valence-corrected chi connectivity index (χ0v) is 15.6. The number of benzene rings is 2. The summed E-state index contributed by atoms with van der Waals surface area (Å²) >= 11 is 1.77. The summed E-state index contributed by atoms with van der Waals surface area (Å²) < 4.78 is 5.37. The number of hydrogen-bond donors (Lipinski definition) is 1. The van der Waals surface area contributed by atoms with E-state index in [1.54, 1.807) is 17.6 Å². The lowest BCUT2D eigenvalue weighted by molar-refractivity contribution is 0.518. The lowest BCUT2D eigenvalue weighted by Gasteiger charge is -2.05. The van der Waals surface area contributed by atoms with Crippen LogP contribution in [-0.4, -0.2) is 0 Å². The minimum Gasteiger partial charge on any atom is -0.467 e. The SMILES string of the molecule is Cc1cccc(Cc2cccc(-c3ccc(NCc4ccco4)s3)c2)c1. The summed E-state index contributed by atoms with van der Waals surface area (Å²) in [4.78, 5) is 1.28. The predicted molar refractivity (Wildman–Crippen MR) is 110 cm³/mol. The highest BCUT2D eigenvalue weighted by Crippen LogP contribution is 2.32. The van der Waals surface area contributed by atoms with Crippen LogP contribution in [0.15, 0.2) is 83.5 Å². The third-order valence-electron chi connectivity index (χ3n) is 4.33. The molecule has 0 radical (unpaired) electrons. The Morgan fingerprint density at radius 1 is 0.885 bits per heavy atom. The zero-order chi connectivity index (χ0) is 17.8. The van der Waals surface area contributed by atoms with Crippen LogP contribution in [0.25, 0.3) is 10.4 Å². The Balaban J connectivity index is 1.48. The van der Waals surface area contributed by atoms with E-state index in [0.717, 1.165) is 17.2 Å². The van der Waals surface area contributed by atoms with Gasteiger partial charge in [-0.05, 0) is 54.3 Å². The van der Waals surface area contributed by atoms with Gasteiger partial charge in [-0.3, -0.25) is 0 Å². The molecule has 2 aromatic carbocycles. The minimum atomic E-state index is 0.709. The fourth-order valence-corrected chi connectivity index (χ4v) is 3.97. The van der Waals surface area contributed by atoms with Gasteiger partial charge in [-0.25, -0.2) is 0 Å². The molecule has 0 amide bonds. The Hall–Kier alpha value is -2.78. The van der Waals surface area contributed by atoms with E-state index in [-0.39, 0.29) is 0 Å². The minimum absolute atomic E-state index is 0.709. The molecule has 2 nitrogen and oxygen atoms in total. The van der Waals surface area contributed by atoms with E-state index in [2.05, 4.69) is 72.9 Å². The van der Waals surface area contributed by atoms with Gasteiger partial charge >= 0.3 is 0 Å². The molecule has 0 saturated carbocycles. The smallest absolute Gasteiger partial charge is 0.122 e. The summed E-state index contributed by atoms with van der Waals surface area (Å²) in [5.74, 6) is 0.945. The first kappa shape index (κ1) is 16.7. The topological polar surface area (TPSA) is 25.2 Å². The summed E-state index contributed by atoms with van der Waals surface area (Å²) in [6.45, 7) is 2.85. The molecule has 0 aliphatic carbocycles. The van der Waals surface area contributed by atoms with Crippen LogP contribution in [0, 0.1) is 6.92 Å². The predicted octanol–water partition coefficient (Wildman–Crippen LogP) is 6.52. The van der Waals surface area contributed by atoms with Crippen molar-refractivity contribution >= 4 is 16.3 Å². The monoisotopic (exact) mass is 359 g/mol. The molecule has 4 aromatic rings. The van der Waals surface area contributed by atoms with Crippen molar-refractivity contribution < 1.29 is 4.42 Å². The van der Waals surface area contributed by atoms with Crippen LogP contribution in [0.3, 0.4) is 0 Å². The van der Waals surface area contributed by atoms with Crippen LogP contribution in [0.2, 0.25) is 0 Å². The second-order valence-corrected chi connectivity index (χ2v) is 7.55. The van der Waals surface area contributed by atoms with Crippen molar-refractivity contribution in [3.05, 3.63) is 102 Å². The van der Waals surface area contributed by atoms with Crippen molar-refractivity contribution in [3.8, 4) is 10.4 Å². The van der Waals surface area contributed by atoms with E-state index in [0.29, 0.717) is 6.54 Å². The van der Waals surface area contributed by atoms with E-state index in [1.807, 2.05) is 12.1 Å². The van der Waals surface area contributed by atoms with Gasteiger partial charge in [0.1, 0.15) is 5.76 Å². The third kappa shape index (κ3) is 4.06. The molecule has 0 atom stereocenters. The molecule has 26 heavy (non-hydrogen) atoms. The molecule has 2 aromatic heterocycles. The van der Waals surface area contributed by atoms with Crippen molar-refractivity contribution in [2.24, 2.45) is 0 Å². The quantitative estimate of drug-likeness (QED) is 0.424. The van der Waals surface area contributed by atoms with Gasteiger partial charge in [-0.15, -0.1) is 11.3 Å². The number of thiophene rings is 1. The molecule has 2 heterocycles. The second kappa shape index (κ2) is 7.63. The van der Waals surface area contributed by atoms with Gasteiger partial charge in [0.25, 0.3) is 0 Å². The van der Waals surface area contributed by atoms with Crippen LogP contribution in [-0.2, 0) is 13.0 Å². The maximum absolute atomic E-state index is 5.37. The van der Waals surface area contributed by atoms with Crippen LogP contribution >= 0.6 is 11.3 Å². The van der Waals surface area contributed by atoms with Gasteiger partial charge in [0, 0.05) is 4.88 Å². The highest BCUT2D eigenvalue weighted by Gasteiger charge is 2.05. The highest BCUT2D eigenvalue weighted by molar-refractivity contribution is 7.19. The molecule has 0 unspecified atom stereocenters. The van der Waals surface area contributed by atoms with Gasteiger partial charge in [0.2, 0.25) is 0 Å². The molecule has 3 heteroatoms. The molecule has 0 fully saturated rings.